The van der Waals surface area contributed by atoms with E-state index in [1.165, 1.54) is 36.4 Å². The van der Waals surface area contributed by atoms with E-state index in [0.29, 0.717) is 11.1 Å². The van der Waals surface area contributed by atoms with Crippen molar-refractivity contribution in [3.8, 4) is 11.1 Å². The zero-order chi connectivity index (χ0) is 21.9. The molecule has 30 heavy (non-hydrogen) atoms. The lowest BCUT2D eigenvalue weighted by Crippen LogP contribution is -2.35. The van der Waals surface area contributed by atoms with E-state index in [-0.39, 0.29) is 15.5 Å². The molecule has 3 aromatic rings. The number of aryl methyl sites for hydroxylation is 1. The molecule has 0 aromatic heterocycles. The van der Waals surface area contributed by atoms with E-state index in [1.807, 2.05) is 23.8 Å². The van der Waals surface area contributed by atoms with Gasteiger partial charge in [-0.05, 0) is 36.2 Å². The number of nitrogens with one attached hydrogen (secondary N) is 2. The van der Waals surface area contributed by atoms with Gasteiger partial charge in [0.15, 0.2) is 0 Å². The Morgan fingerprint density at radius 3 is 2.03 bits per heavy atom. The van der Waals surface area contributed by atoms with Crippen molar-refractivity contribution >= 4 is 31.8 Å². The summed E-state index contributed by atoms with van der Waals surface area (Å²) in [5, 5.41) is 7.67. The van der Waals surface area contributed by atoms with E-state index >= 15 is 0 Å². The summed E-state index contributed by atoms with van der Waals surface area (Å²) in [5.74, 6) is 0. The first-order chi connectivity index (χ1) is 14.1. The predicted molar refractivity (Wildman–Crippen MR) is 114 cm³/mol. The molecule has 0 saturated carbocycles. The Balaban J connectivity index is 2.04. The van der Waals surface area contributed by atoms with Gasteiger partial charge in [0.2, 0.25) is 10.0 Å². The highest BCUT2D eigenvalue weighted by atomic mass is 32.2. The molecular formula is C20H19N3O5S2. The Kier molecular flexibility index (Phi) is 5.92. The van der Waals surface area contributed by atoms with Crippen molar-refractivity contribution in [2.24, 2.45) is 5.14 Å². The smallest absolute Gasteiger partial charge is 0.305 e. The molecule has 0 saturated heterocycles. The van der Waals surface area contributed by atoms with E-state index in [9.17, 15) is 21.6 Å². The monoisotopic (exact) mass is 445 g/mol. The van der Waals surface area contributed by atoms with Crippen molar-refractivity contribution in [3.63, 3.8) is 0 Å². The predicted octanol–water partition coefficient (Wildman–Crippen LogP) is 2.82. The van der Waals surface area contributed by atoms with Crippen molar-refractivity contribution in [2.45, 2.75) is 16.7 Å². The normalized spacial score (nSPS) is 11.7. The molecule has 3 rings (SSSR count). The molecule has 10 heteroatoms. The zero-order valence-corrected chi connectivity index (χ0v) is 17.5. The minimum atomic E-state index is -4.21. The van der Waals surface area contributed by atoms with Gasteiger partial charge >= 0.3 is 6.03 Å². The summed E-state index contributed by atoms with van der Waals surface area (Å²) < 4.78 is 50.9. The lowest BCUT2D eigenvalue weighted by Gasteiger charge is -2.17. The molecule has 4 N–H and O–H groups in total. The quantitative estimate of drug-likeness (QED) is 0.555. The van der Waals surface area contributed by atoms with Gasteiger partial charge in [0, 0.05) is 5.56 Å². The van der Waals surface area contributed by atoms with E-state index in [4.69, 9.17) is 5.14 Å². The van der Waals surface area contributed by atoms with Crippen molar-refractivity contribution in [3.05, 3.63) is 78.4 Å². The van der Waals surface area contributed by atoms with Crippen LogP contribution in [0.3, 0.4) is 0 Å². The van der Waals surface area contributed by atoms with Gasteiger partial charge in [-0.15, -0.1) is 0 Å². The topological polar surface area (TPSA) is 135 Å². The Bertz CT molecular complexity index is 1310. The van der Waals surface area contributed by atoms with Crippen LogP contribution in [0.25, 0.3) is 11.1 Å². The maximum Gasteiger partial charge on any atom is 0.333 e. The lowest BCUT2D eigenvalue weighted by atomic mass is 9.99. The summed E-state index contributed by atoms with van der Waals surface area (Å²) in [4.78, 5) is 12.1. The maximum absolute atomic E-state index is 12.5. The maximum atomic E-state index is 12.5. The second-order valence-corrected chi connectivity index (χ2v) is 9.62. The molecule has 0 heterocycles. The third-order valence-corrected chi connectivity index (χ3v) is 6.59. The Hall–Kier alpha value is -3.21. The van der Waals surface area contributed by atoms with Gasteiger partial charge in [0.05, 0.1) is 10.6 Å². The molecule has 0 aliphatic rings. The average molecular weight is 446 g/mol. The van der Waals surface area contributed by atoms with E-state index in [1.54, 1.807) is 24.3 Å². The number of anilines is 1. The molecule has 8 nitrogen and oxygen atoms in total. The van der Waals surface area contributed by atoms with Crippen LogP contribution in [0.4, 0.5) is 10.5 Å². The Morgan fingerprint density at radius 2 is 1.40 bits per heavy atom. The first-order valence-corrected chi connectivity index (χ1v) is 11.7. The van der Waals surface area contributed by atoms with Crippen LogP contribution in [0.1, 0.15) is 5.56 Å². The largest absolute Gasteiger partial charge is 0.333 e. The van der Waals surface area contributed by atoms with Crippen LogP contribution < -0.4 is 15.2 Å². The van der Waals surface area contributed by atoms with E-state index in [2.05, 4.69) is 5.32 Å². The van der Waals surface area contributed by atoms with Crippen LogP contribution in [0.15, 0.2) is 82.6 Å². The molecule has 3 aromatic carbocycles. The number of carbonyl (C=O) groups is 1. The number of hydrogen-bond donors (Lipinski definition) is 3. The van der Waals surface area contributed by atoms with Crippen molar-refractivity contribution < 1.29 is 21.6 Å². The van der Waals surface area contributed by atoms with Crippen LogP contribution in [0, 0.1) is 6.92 Å². The van der Waals surface area contributed by atoms with Crippen LogP contribution in [-0.4, -0.2) is 22.9 Å². The zero-order valence-electron chi connectivity index (χ0n) is 15.9. The third-order valence-electron chi connectivity index (χ3n) is 4.29. The number of urea groups is 1. The summed E-state index contributed by atoms with van der Waals surface area (Å²) in [6, 6.07) is 17.7. The minimum Gasteiger partial charge on any atom is -0.305 e. The summed E-state index contributed by atoms with van der Waals surface area (Å²) in [6.07, 6.45) is 0. The standard InChI is InChI=1S/C20H19N3O5S2/c1-14-8-5-6-11-16(14)17-12-7-13-18(29(21,25)26)19(17)22-20(24)23-30(27,28)15-9-3-2-4-10-15/h2-13H,1H3,(H2,21,25,26)(H2,22,23,24). The summed E-state index contributed by atoms with van der Waals surface area (Å²) in [5.41, 5.74) is 1.75. The van der Waals surface area contributed by atoms with Crippen LogP contribution in [0.5, 0.6) is 0 Å². The van der Waals surface area contributed by atoms with Gasteiger partial charge in [-0.3, -0.25) is 0 Å². The second-order valence-electron chi connectivity index (χ2n) is 6.41. The average Bonchev–Trinajstić information content (AvgIpc) is 2.68. The molecule has 0 radical (unpaired) electrons. The Morgan fingerprint density at radius 1 is 0.800 bits per heavy atom. The third kappa shape index (κ3) is 4.67. The lowest BCUT2D eigenvalue weighted by molar-refractivity contribution is 0.256. The van der Waals surface area contributed by atoms with Crippen LogP contribution >= 0.6 is 0 Å². The van der Waals surface area contributed by atoms with Crippen LogP contribution in [0.2, 0.25) is 0 Å². The van der Waals surface area contributed by atoms with Crippen molar-refractivity contribution in [2.75, 3.05) is 5.32 Å². The SMILES string of the molecule is Cc1ccccc1-c1cccc(S(N)(=O)=O)c1NC(=O)NS(=O)(=O)c1ccccc1. The molecule has 0 spiro atoms. The minimum absolute atomic E-state index is 0.112. The van der Waals surface area contributed by atoms with Crippen LogP contribution in [-0.2, 0) is 20.0 Å². The number of amides is 2. The van der Waals surface area contributed by atoms with Crippen molar-refractivity contribution in [1.82, 2.24) is 4.72 Å². The fourth-order valence-electron chi connectivity index (χ4n) is 2.92. The van der Waals surface area contributed by atoms with Gasteiger partial charge in [0.1, 0.15) is 4.90 Å². The summed E-state index contributed by atoms with van der Waals surface area (Å²) in [6.45, 7) is 1.82. The van der Waals surface area contributed by atoms with Crippen molar-refractivity contribution in [1.29, 1.82) is 0 Å². The molecule has 2 amide bonds. The number of nitrogens with two attached hydrogens (primary N) is 1. The molecule has 0 bridgehead atoms. The first-order valence-electron chi connectivity index (χ1n) is 8.70. The summed E-state index contributed by atoms with van der Waals surface area (Å²) in [7, 11) is -8.37. The number of sulfonamides is 2. The van der Waals surface area contributed by atoms with Gasteiger partial charge in [0.25, 0.3) is 10.0 Å². The van der Waals surface area contributed by atoms with Gasteiger partial charge in [-0.1, -0.05) is 54.6 Å². The number of para-hydroxylation sites is 1. The number of primary sulfonamides is 1. The van der Waals surface area contributed by atoms with Gasteiger partial charge in [-0.2, -0.15) is 0 Å². The fourth-order valence-corrected chi connectivity index (χ4v) is 4.56. The number of hydrogen-bond acceptors (Lipinski definition) is 5. The van der Waals surface area contributed by atoms with Gasteiger partial charge in [-0.25, -0.2) is 31.5 Å². The number of rotatable bonds is 5. The molecule has 0 aliphatic carbocycles. The van der Waals surface area contributed by atoms with Gasteiger partial charge < -0.3 is 5.32 Å². The molecule has 0 unspecified atom stereocenters. The number of benzene rings is 3. The molecular weight excluding hydrogens is 426 g/mol. The second kappa shape index (κ2) is 8.27. The highest BCUT2D eigenvalue weighted by Crippen LogP contribution is 2.34. The highest BCUT2D eigenvalue weighted by Gasteiger charge is 2.23. The summed E-state index contributed by atoms with van der Waals surface area (Å²) >= 11 is 0. The first kappa shape index (κ1) is 21.5. The number of carbonyl (C=O) groups excluding carboxylic acids is 1. The highest BCUT2D eigenvalue weighted by molar-refractivity contribution is 7.90. The van der Waals surface area contributed by atoms with E-state index < -0.39 is 26.1 Å². The molecule has 0 fully saturated rings. The van der Waals surface area contributed by atoms with E-state index in [0.717, 1.165) is 5.56 Å². The Labute approximate surface area is 174 Å². The fraction of sp³-hybridized carbons (Fsp3) is 0.0500. The molecule has 156 valence electrons. The molecule has 0 aliphatic heterocycles. The molecule has 0 atom stereocenters.